The molecule has 2 aliphatic rings. The topological polar surface area (TPSA) is 21.8 Å². The molecule has 18 heavy (non-hydrogen) atoms. The van der Waals surface area contributed by atoms with Crippen molar-refractivity contribution in [2.24, 2.45) is 5.92 Å². The van der Waals surface area contributed by atoms with E-state index >= 15 is 0 Å². The van der Waals surface area contributed by atoms with Crippen molar-refractivity contribution in [2.45, 2.75) is 19.4 Å². The number of nitrogens with zero attached hydrogens (tertiary/aromatic N) is 3. The number of piperazine rings is 1. The van der Waals surface area contributed by atoms with Crippen LogP contribution in [0.3, 0.4) is 0 Å². The van der Waals surface area contributed by atoms with Crippen molar-refractivity contribution < 1.29 is 0 Å². The zero-order chi connectivity index (χ0) is 13.0. The van der Waals surface area contributed by atoms with Crippen molar-refractivity contribution in [1.82, 2.24) is 20.0 Å². The molecule has 2 fully saturated rings. The standard InChI is InChI=1S/C14H30N4/c1-13-4-5-15-14(13)12-18-10-8-17(9-11-18)7-6-16(2)3/h13-15H,4-12H2,1-3H3. The van der Waals surface area contributed by atoms with Gasteiger partial charge in [0.1, 0.15) is 0 Å². The van der Waals surface area contributed by atoms with E-state index in [2.05, 4.69) is 41.0 Å². The molecule has 2 aliphatic heterocycles. The molecule has 0 aromatic heterocycles. The Bertz CT molecular complexity index is 236. The highest BCUT2D eigenvalue weighted by atomic mass is 15.3. The van der Waals surface area contributed by atoms with Crippen LogP contribution < -0.4 is 5.32 Å². The fraction of sp³-hybridized carbons (Fsp3) is 1.00. The lowest BCUT2D eigenvalue weighted by molar-refractivity contribution is 0.115. The Kier molecular flexibility index (Phi) is 5.42. The maximum atomic E-state index is 3.64. The zero-order valence-corrected chi connectivity index (χ0v) is 12.4. The molecule has 0 radical (unpaired) electrons. The summed E-state index contributed by atoms with van der Waals surface area (Å²) in [6.45, 7) is 12.2. The summed E-state index contributed by atoms with van der Waals surface area (Å²) in [4.78, 5) is 7.52. The van der Waals surface area contributed by atoms with Gasteiger partial charge in [-0.2, -0.15) is 0 Å². The molecule has 1 N–H and O–H groups in total. The van der Waals surface area contributed by atoms with Gasteiger partial charge in [-0.1, -0.05) is 6.92 Å². The van der Waals surface area contributed by atoms with Crippen LogP contribution in [0.2, 0.25) is 0 Å². The average Bonchev–Trinajstić information content (AvgIpc) is 2.74. The van der Waals surface area contributed by atoms with Gasteiger partial charge < -0.3 is 10.2 Å². The number of likely N-dealkylation sites (N-methyl/N-ethyl adjacent to an activating group) is 1. The van der Waals surface area contributed by atoms with Gasteiger partial charge in [0.25, 0.3) is 0 Å². The maximum absolute atomic E-state index is 3.64. The zero-order valence-electron chi connectivity index (χ0n) is 12.4. The largest absolute Gasteiger partial charge is 0.312 e. The number of nitrogens with one attached hydrogen (secondary N) is 1. The summed E-state index contributed by atoms with van der Waals surface area (Å²) < 4.78 is 0. The van der Waals surface area contributed by atoms with Crippen LogP contribution in [-0.2, 0) is 0 Å². The van der Waals surface area contributed by atoms with Crippen LogP contribution in [0.4, 0.5) is 0 Å². The molecule has 2 unspecified atom stereocenters. The van der Waals surface area contributed by atoms with Gasteiger partial charge in [0.05, 0.1) is 0 Å². The van der Waals surface area contributed by atoms with Crippen molar-refractivity contribution in [3.8, 4) is 0 Å². The van der Waals surface area contributed by atoms with Gasteiger partial charge in [-0.05, 0) is 33.0 Å². The molecule has 0 aliphatic carbocycles. The van der Waals surface area contributed by atoms with E-state index in [9.17, 15) is 0 Å². The summed E-state index contributed by atoms with van der Waals surface area (Å²) in [5, 5.41) is 3.64. The molecule has 106 valence electrons. The Labute approximate surface area is 112 Å². The van der Waals surface area contributed by atoms with E-state index in [-0.39, 0.29) is 0 Å². The van der Waals surface area contributed by atoms with Gasteiger partial charge >= 0.3 is 0 Å². The molecule has 2 atom stereocenters. The van der Waals surface area contributed by atoms with Crippen LogP contribution in [0.15, 0.2) is 0 Å². The summed E-state index contributed by atoms with van der Waals surface area (Å²) in [5.41, 5.74) is 0. The lowest BCUT2D eigenvalue weighted by Crippen LogP contribution is -2.51. The van der Waals surface area contributed by atoms with Crippen LogP contribution in [0.5, 0.6) is 0 Å². The third-order valence-electron chi connectivity index (χ3n) is 4.48. The Hall–Kier alpha value is -0.160. The predicted molar refractivity (Wildman–Crippen MR) is 77.0 cm³/mol. The van der Waals surface area contributed by atoms with E-state index in [1.807, 2.05) is 0 Å². The second-order valence-electron chi connectivity index (χ2n) is 6.27. The molecule has 4 nitrogen and oxygen atoms in total. The minimum absolute atomic E-state index is 0.735. The monoisotopic (exact) mass is 254 g/mol. The van der Waals surface area contributed by atoms with Crippen LogP contribution in [-0.4, -0.2) is 87.2 Å². The smallest absolute Gasteiger partial charge is 0.0221 e. The molecule has 0 aromatic rings. The van der Waals surface area contributed by atoms with Crippen LogP contribution >= 0.6 is 0 Å². The second-order valence-corrected chi connectivity index (χ2v) is 6.27. The Balaban J connectivity index is 1.64. The highest BCUT2D eigenvalue weighted by Gasteiger charge is 2.26. The van der Waals surface area contributed by atoms with E-state index in [0.29, 0.717) is 0 Å². The lowest BCUT2D eigenvalue weighted by Gasteiger charge is -2.36. The molecular formula is C14H30N4. The first-order valence-corrected chi connectivity index (χ1v) is 7.48. The normalized spacial score (nSPS) is 31.3. The van der Waals surface area contributed by atoms with Gasteiger partial charge in [-0.25, -0.2) is 0 Å². The molecule has 0 aromatic carbocycles. The Morgan fingerprint density at radius 1 is 1.11 bits per heavy atom. The molecule has 4 heteroatoms. The minimum atomic E-state index is 0.735. The van der Waals surface area contributed by atoms with Crippen molar-refractivity contribution >= 4 is 0 Å². The first-order valence-electron chi connectivity index (χ1n) is 7.48. The summed E-state index contributed by atoms with van der Waals surface area (Å²) in [7, 11) is 4.31. The van der Waals surface area contributed by atoms with Crippen molar-refractivity contribution in [3.63, 3.8) is 0 Å². The van der Waals surface area contributed by atoms with Crippen molar-refractivity contribution in [3.05, 3.63) is 0 Å². The highest BCUT2D eigenvalue weighted by molar-refractivity contribution is 4.85. The number of rotatable bonds is 5. The molecule has 2 rings (SSSR count). The third-order valence-corrected chi connectivity index (χ3v) is 4.48. The molecular weight excluding hydrogens is 224 g/mol. The lowest BCUT2D eigenvalue weighted by atomic mass is 10.0. The Morgan fingerprint density at radius 2 is 1.78 bits per heavy atom. The van der Waals surface area contributed by atoms with Crippen LogP contribution in [0, 0.1) is 5.92 Å². The average molecular weight is 254 g/mol. The van der Waals surface area contributed by atoms with E-state index in [4.69, 9.17) is 0 Å². The van der Waals surface area contributed by atoms with Gasteiger partial charge in [0.2, 0.25) is 0 Å². The summed E-state index contributed by atoms with van der Waals surface area (Å²) >= 11 is 0. The summed E-state index contributed by atoms with van der Waals surface area (Å²) in [6.07, 6.45) is 1.35. The van der Waals surface area contributed by atoms with E-state index in [1.165, 1.54) is 58.8 Å². The predicted octanol–water partition coefficient (Wildman–Crippen LogP) is 0.164. The van der Waals surface area contributed by atoms with Crippen LogP contribution in [0.25, 0.3) is 0 Å². The quantitative estimate of drug-likeness (QED) is 0.755. The summed E-state index contributed by atoms with van der Waals surface area (Å²) in [6, 6.07) is 0.735. The molecule has 0 bridgehead atoms. The van der Waals surface area contributed by atoms with Crippen molar-refractivity contribution in [1.29, 1.82) is 0 Å². The van der Waals surface area contributed by atoms with Crippen molar-refractivity contribution in [2.75, 3.05) is 66.5 Å². The first-order chi connectivity index (χ1) is 8.65. The van der Waals surface area contributed by atoms with E-state index in [0.717, 1.165) is 12.0 Å². The number of hydrogen-bond donors (Lipinski definition) is 1. The molecule has 0 spiro atoms. The van der Waals surface area contributed by atoms with Gasteiger partial charge in [-0.3, -0.25) is 9.80 Å². The Morgan fingerprint density at radius 3 is 2.33 bits per heavy atom. The van der Waals surface area contributed by atoms with Gasteiger partial charge in [0, 0.05) is 51.9 Å². The van der Waals surface area contributed by atoms with Gasteiger partial charge in [0.15, 0.2) is 0 Å². The number of hydrogen-bond acceptors (Lipinski definition) is 4. The summed E-state index contributed by atoms with van der Waals surface area (Å²) in [5.74, 6) is 0.858. The molecule has 2 saturated heterocycles. The molecule has 2 heterocycles. The highest BCUT2D eigenvalue weighted by Crippen LogP contribution is 2.16. The fourth-order valence-electron chi connectivity index (χ4n) is 2.96. The fourth-order valence-corrected chi connectivity index (χ4v) is 2.96. The second kappa shape index (κ2) is 6.85. The SMILES string of the molecule is CC1CCNC1CN1CCN(CCN(C)C)CC1. The molecule has 0 saturated carbocycles. The van der Waals surface area contributed by atoms with Gasteiger partial charge in [-0.15, -0.1) is 0 Å². The maximum Gasteiger partial charge on any atom is 0.0221 e. The third kappa shape index (κ3) is 4.19. The first kappa shape index (κ1) is 14.3. The van der Waals surface area contributed by atoms with E-state index in [1.54, 1.807) is 0 Å². The minimum Gasteiger partial charge on any atom is -0.312 e. The van der Waals surface area contributed by atoms with Crippen LogP contribution in [0.1, 0.15) is 13.3 Å². The van der Waals surface area contributed by atoms with E-state index < -0.39 is 0 Å². The molecule has 0 amide bonds.